The van der Waals surface area contributed by atoms with Crippen molar-refractivity contribution in [2.24, 2.45) is 5.41 Å². The van der Waals surface area contributed by atoms with E-state index < -0.39 is 29.3 Å². The van der Waals surface area contributed by atoms with E-state index in [1.807, 2.05) is 41.3 Å². The molecule has 3 aliphatic heterocycles. The molecule has 1 aromatic carbocycles. The van der Waals surface area contributed by atoms with E-state index in [0.717, 1.165) is 29.7 Å². The summed E-state index contributed by atoms with van der Waals surface area (Å²) in [6, 6.07) is 13.3. The quantitative estimate of drug-likeness (QED) is 0.575. The van der Waals surface area contributed by atoms with Crippen LogP contribution in [0.1, 0.15) is 36.8 Å². The van der Waals surface area contributed by atoms with Gasteiger partial charge in [-0.2, -0.15) is 0 Å². The minimum atomic E-state index is -1.58. The number of fused-ring (bicyclic) bond motifs is 5. The third-order valence-electron chi connectivity index (χ3n) is 7.54. The van der Waals surface area contributed by atoms with Crippen LogP contribution >= 0.6 is 0 Å². The first-order chi connectivity index (χ1) is 17.0. The molecule has 1 N–H and O–H groups in total. The Kier molecular flexibility index (Phi) is 4.94. The summed E-state index contributed by atoms with van der Waals surface area (Å²) in [5.41, 5.74) is -0.231. The Hall–Kier alpha value is -4.01. The van der Waals surface area contributed by atoms with Crippen molar-refractivity contribution < 1.29 is 14.4 Å². The number of barbiturate groups is 1. The number of aromatic nitrogens is 2. The van der Waals surface area contributed by atoms with Crippen molar-refractivity contribution in [3.63, 3.8) is 0 Å². The van der Waals surface area contributed by atoms with Gasteiger partial charge in [0, 0.05) is 19.2 Å². The molecule has 6 rings (SSSR count). The van der Waals surface area contributed by atoms with Crippen molar-refractivity contribution in [1.29, 1.82) is 0 Å². The molecule has 0 saturated carbocycles. The third-order valence-corrected chi connectivity index (χ3v) is 7.54. The van der Waals surface area contributed by atoms with Gasteiger partial charge < -0.3 is 4.90 Å². The fraction of sp³-hybridized carbons (Fsp3) is 0.346. The Morgan fingerprint density at radius 3 is 2.60 bits per heavy atom. The first-order valence-corrected chi connectivity index (χ1v) is 12.0. The summed E-state index contributed by atoms with van der Waals surface area (Å²) in [5, 5.41) is 2.45. The highest BCUT2D eigenvalue weighted by atomic mass is 16.2. The van der Waals surface area contributed by atoms with Gasteiger partial charge in [-0.25, -0.2) is 9.78 Å². The SMILES string of the molecule is O=C1NC(=O)[C@]2(Cc3c(nc4ccccn4c3=O)N3CCCCC[C@H]32)C(=O)N1Cc1ccccc1. The van der Waals surface area contributed by atoms with Crippen LogP contribution in [0.25, 0.3) is 5.65 Å². The van der Waals surface area contributed by atoms with Gasteiger partial charge in [0.1, 0.15) is 11.5 Å². The third kappa shape index (κ3) is 3.18. The molecule has 5 heterocycles. The second-order valence-electron chi connectivity index (χ2n) is 9.49. The van der Waals surface area contributed by atoms with Crippen LogP contribution in [0.15, 0.2) is 59.5 Å². The van der Waals surface area contributed by atoms with E-state index in [1.54, 1.807) is 18.3 Å². The van der Waals surface area contributed by atoms with Gasteiger partial charge in [-0.05, 0) is 30.5 Å². The Labute approximate surface area is 201 Å². The average Bonchev–Trinajstić information content (AvgIpc) is 3.13. The number of rotatable bonds is 2. The van der Waals surface area contributed by atoms with Crippen LogP contribution < -0.4 is 15.8 Å². The highest BCUT2D eigenvalue weighted by molar-refractivity contribution is 6.20. The summed E-state index contributed by atoms with van der Waals surface area (Å²) in [5.74, 6) is -0.627. The number of carbonyl (C=O) groups is 3. The number of nitrogens with zero attached hydrogens (tertiary/aromatic N) is 4. The average molecular weight is 472 g/mol. The predicted octanol–water partition coefficient (Wildman–Crippen LogP) is 2.26. The molecule has 2 saturated heterocycles. The van der Waals surface area contributed by atoms with Crippen molar-refractivity contribution in [1.82, 2.24) is 19.6 Å². The molecule has 0 unspecified atom stereocenters. The van der Waals surface area contributed by atoms with E-state index in [1.165, 1.54) is 4.40 Å². The molecule has 2 atom stereocenters. The summed E-state index contributed by atoms with van der Waals surface area (Å²) in [6.07, 6.45) is 4.81. The maximum Gasteiger partial charge on any atom is 0.331 e. The lowest BCUT2D eigenvalue weighted by Crippen LogP contribution is -2.72. The molecule has 0 radical (unpaired) electrons. The molecular weight excluding hydrogens is 446 g/mol. The fourth-order valence-corrected chi connectivity index (χ4v) is 5.84. The van der Waals surface area contributed by atoms with Crippen LogP contribution in [0.5, 0.6) is 0 Å². The molecule has 1 spiro atoms. The molecule has 3 aliphatic rings. The van der Waals surface area contributed by atoms with Gasteiger partial charge in [0.05, 0.1) is 18.2 Å². The first kappa shape index (κ1) is 21.5. The van der Waals surface area contributed by atoms with E-state index in [-0.39, 0.29) is 18.5 Å². The van der Waals surface area contributed by atoms with Crippen LogP contribution in [0.3, 0.4) is 0 Å². The predicted molar refractivity (Wildman–Crippen MR) is 128 cm³/mol. The van der Waals surface area contributed by atoms with Crippen molar-refractivity contribution in [3.8, 4) is 0 Å². The van der Waals surface area contributed by atoms with Crippen LogP contribution in [0, 0.1) is 5.41 Å². The second-order valence-corrected chi connectivity index (χ2v) is 9.49. The van der Waals surface area contributed by atoms with Crippen molar-refractivity contribution in [2.45, 2.75) is 44.7 Å². The maximum atomic E-state index is 14.2. The van der Waals surface area contributed by atoms with Crippen molar-refractivity contribution in [2.75, 3.05) is 11.4 Å². The largest absolute Gasteiger partial charge is 0.352 e. The number of imide groups is 2. The zero-order chi connectivity index (χ0) is 24.2. The molecule has 2 aromatic heterocycles. The summed E-state index contributed by atoms with van der Waals surface area (Å²) < 4.78 is 1.45. The van der Waals surface area contributed by atoms with Crippen LogP contribution in [0.4, 0.5) is 10.6 Å². The smallest absolute Gasteiger partial charge is 0.331 e. The molecule has 0 bridgehead atoms. The lowest BCUT2D eigenvalue weighted by Gasteiger charge is -2.50. The number of carbonyl (C=O) groups excluding carboxylic acids is 3. The number of hydrogen-bond acceptors (Lipinski definition) is 6. The number of anilines is 1. The maximum absolute atomic E-state index is 14.2. The monoisotopic (exact) mass is 471 g/mol. The van der Waals surface area contributed by atoms with Crippen LogP contribution in [-0.4, -0.2) is 44.7 Å². The van der Waals surface area contributed by atoms with Crippen molar-refractivity contribution >= 4 is 29.3 Å². The first-order valence-electron chi connectivity index (χ1n) is 12.0. The standard InChI is InChI=1S/C26H25N5O4/c32-22-18-15-26(23(33)28-25(35)31(24(26)34)16-17-9-3-1-4-10-17)19-11-5-2-7-13-29(19)21(18)27-20-12-6-8-14-30(20)22/h1,3-4,6,8-10,12,14,19H,2,5,7,11,13,15-16H2,(H,28,33,35)/t19-,26+/m0/s1. The summed E-state index contributed by atoms with van der Waals surface area (Å²) in [6.45, 7) is 0.636. The van der Waals surface area contributed by atoms with Gasteiger partial charge in [-0.1, -0.05) is 49.2 Å². The van der Waals surface area contributed by atoms with E-state index in [0.29, 0.717) is 30.0 Å². The van der Waals surface area contributed by atoms with E-state index in [2.05, 4.69) is 5.32 Å². The Morgan fingerprint density at radius 2 is 1.77 bits per heavy atom. The lowest BCUT2D eigenvalue weighted by molar-refractivity contribution is -0.154. The fourth-order valence-electron chi connectivity index (χ4n) is 5.84. The zero-order valence-corrected chi connectivity index (χ0v) is 19.1. The number of benzene rings is 1. The number of hydrogen-bond donors (Lipinski definition) is 1. The second kappa shape index (κ2) is 8.04. The number of urea groups is 1. The van der Waals surface area contributed by atoms with E-state index >= 15 is 0 Å². The number of nitrogens with one attached hydrogen (secondary N) is 1. The molecule has 178 valence electrons. The van der Waals surface area contributed by atoms with Gasteiger partial charge >= 0.3 is 6.03 Å². The van der Waals surface area contributed by atoms with E-state index in [9.17, 15) is 19.2 Å². The molecule has 9 nitrogen and oxygen atoms in total. The molecule has 0 aliphatic carbocycles. The Morgan fingerprint density at radius 1 is 0.971 bits per heavy atom. The zero-order valence-electron chi connectivity index (χ0n) is 19.1. The van der Waals surface area contributed by atoms with Gasteiger partial charge in [-0.15, -0.1) is 0 Å². The molecule has 3 aromatic rings. The molecule has 4 amide bonds. The van der Waals surface area contributed by atoms with Gasteiger partial charge in [0.15, 0.2) is 5.41 Å². The lowest BCUT2D eigenvalue weighted by atomic mass is 9.68. The van der Waals surface area contributed by atoms with Crippen molar-refractivity contribution in [3.05, 3.63) is 76.2 Å². The summed E-state index contributed by atoms with van der Waals surface area (Å²) in [4.78, 5) is 62.1. The van der Waals surface area contributed by atoms with Gasteiger partial charge in [-0.3, -0.25) is 29.0 Å². The number of amides is 4. The summed E-state index contributed by atoms with van der Waals surface area (Å²) in [7, 11) is 0. The molecular formula is C26H25N5O4. The molecule has 2 fully saturated rings. The van der Waals surface area contributed by atoms with E-state index in [4.69, 9.17) is 4.98 Å². The molecule has 9 heteroatoms. The minimum Gasteiger partial charge on any atom is -0.352 e. The van der Waals surface area contributed by atoms with Crippen LogP contribution in [0.2, 0.25) is 0 Å². The minimum absolute atomic E-state index is 0.0507. The number of pyridine rings is 1. The topological polar surface area (TPSA) is 104 Å². The van der Waals surface area contributed by atoms with Gasteiger partial charge in [0.2, 0.25) is 11.8 Å². The highest BCUT2D eigenvalue weighted by Crippen LogP contribution is 2.45. The van der Waals surface area contributed by atoms with Crippen LogP contribution in [-0.2, 0) is 22.6 Å². The normalized spacial score (nSPS) is 24.2. The Balaban J connectivity index is 1.53. The molecule has 35 heavy (non-hydrogen) atoms. The van der Waals surface area contributed by atoms with Gasteiger partial charge in [0.25, 0.3) is 5.56 Å². The Bertz CT molecular complexity index is 1420. The highest BCUT2D eigenvalue weighted by Gasteiger charge is 2.62. The summed E-state index contributed by atoms with van der Waals surface area (Å²) >= 11 is 0.